The number of esters is 1. The quantitative estimate of drug-likeness (QED) is 0.626. The highest BCUT2D eigenvalue weighted by Crippen LogP contribution is 2.27. The number of hydrogen-bond acceptors (Lipinski definition) is 2. The van der Waals surface area contributed by atoms with Gasteiger partial charge in [0, 0.05) is 11.5 Å². The van der Waals surface area contributed by atoms with Crippen LogP contribution in [-0.4, -0.2) is 12.6 Å². The van der Waals surface area contributed by atoms with Crippen molar-refractivity contribution in [2.45, 2.75) is 6.42 Å². The van der Waals surface area contributed by atoms with Gasteiger partial charge in [-0.25, -0.2) is 4.79 Å². The molecule has 2 nitrogen and oxygen atoms in total. The fraction of sp³-hybridized carbons (Fsp3) is 0.167. The van der Waals surface area contributed by atoms with Crippen LogP contribution in [0.15, 0.2) is 66.2 Å². The van der Waals surface area contributed by atoms with E-state index in [0.717, 1.165) is 17.6 Å². The molecule has 0 spiro atoms. The first-order chi connectivity index (χ1) is 9.83. The van der Waals surface area contributed by atoms with Crippen LogP contribution in [0.3, 0.4) is 0 Å². The summed E-state index contributed by atoms with van der Waals surface area (Å²) in [5.41, 5.74) is 3.05. The van der Waals surface area contributed by atoms with Crippen LogP contribution < -0.4 is 0 Å². The molecule has 1 atom stereocenters. The summed E-state index contributed by atoms with van der Waals surface area (Å²) < 4.78 is 5.22. The van der Waals surface area contributed by atoms with E-state index < -0.39 is 0 Å². The van der Waals surface area contributed by atoms with Crippen LogP contribution in [0.5, 0.6) is 0 Å². The number of benzene rings is 2. The second kappa shape index (κ2) is 5.74. The summed E-state index contributed by atoms with van der Waals surface area (Å²) >= 11 is 0. The standard InChI is InChI=1S/C18H16O2/c19-18-17(12-15-9-5-2-6-10-15)16(13-20-18)11-14-7-3-1-4-8-14/h1-10,12,16H,11,13H2/b17-12+. The van der Waals surface area contributed by atoms with E-state index in [4.69, 9.17) is 4.74 Å². The molecule has 0 saturated carbocycles. The number of carbonyl (C=O) groups is 1. The van der Waals surface area contributed by atoms with Gasteiger partial charge in [-0.05, 0) is 23.6 Å². The van der Waals surface area contributed by atoms with Crippen LogP contribution in [0.2, 0.25) is 0 Å². The highest BCUT2D eigenvalue weighted by atomic mass is 16.5. The second-order valence-corrected chi connectivity index (χ2v) is 5.00. The molecule has 20 heavy (non-hydrogen) atoms. The molecule has 2 aromatic rings. The first kappa shape index (κ1) is 12.7. The molecule has 1 saturated heterocycles. The Morgan fingerprint density at radius 3 is 2.35 bits per heavy atom. The summed E-state index contributed by atoms with van der Waals surface area (Å²) in [6, 6.07) is 20.1. The van der Waals surface area contributed by atoms with Crippen molar-refractivity contribution in [2.75, 3.05) is 6.61 Å². The summed E-state index contributed by atoms with van der Waals surface area (Å²) in [6.07, 6.45) is 2.79. The topological polar surface area (TPSA) is 26.3 Å². The minimum absolute atomic E-state index is 0.144. The zero-order valence-electron chi connectivity index (χ0n) is 11.2. The number of ether oxygens (including phenoxy) is 1. The molecule has 0 amide bonds. The van der Waals surface area contributed by atoms with Crippen molar-refractivity contribution in [3.63, 3.8) is 0 Å². The molecule has 0 aromatic heterocycles. The van der Waals surface area contributed by atoms with Crippen molar-refractivity contribution in [3.05, 3.63) is 77.4 Å². The Morgan fingerprint density at radius 2 is 1.65 bits per heavy atom. The molecule has 1 heterocycles. The van der Waals surface area contributed by atoms with Crippen LogP contribution in [0.25, 0.3) is 6.08 Å². The Bertz CT molecular complexity index is 614. The largest absolute Gasteiger partial charge is 0.462 e. The molecule has 1 aliphatic heterocycles. The van der Waals surface area contributed by atoms with Gasteiger partial charge in [0.1, 0.15) is 0 Å². The lowest BCUT2D eigenvalue weighted by Crippen LogP contribution is -2.07. The minimum Gasteiger partial charge on any atom is -0.462 e. The van der Waals surface area contributed by atoms with Crippen LogP contribution in [0.1, 0.15) is 11.1 Å². The average molecular weight is 264 g/mol. The third-order valence-corrected chi connectivity index (χ3v) is 3.54. The lowest BCUT2D eigenvalue weighted by atomic mass is 9.93. The van der Waals surface area contributed by atoms with Gasteiger partial charge in [0.05, 0.1) is 6.61 Å². The molecule has 2 aromatic carbocycles. The maximum atomic E-state index is 11.9. The van der Waals surface area contributed by atoms with Gasteiger partial charge in [-0.3, -0.25) is 0 Å². The molecule has 2 heteroatoms. The smallest absolute Gasteiger partial charge is 0.334 e. The Labute approximate surface area is 118 Å². The molecule has 1 unspecified atom stereocenters. The zero-order chi connectivity index (χ0) is 13.8. The van der Waals surface area contributed by atoms with Crippen molar-refractivity contribution in [1.29, 1.82) is 0 Å². The van der Waals surface area contributed by atoms with E-state index in [0.29, 0.717) is 6.61 Å². The molecule has 0 N–H and O–H groups in total. The maximum Gasteiger partial charge on any atom is 0.334 e. The van der Waals surface area contributed by atoms with Crippen molar-refractivity contribution in [1.82, 2.24) is 0 Å². The Balaban J connectivity index is 1.84. The normalized spacial score (nSPS) is 20.1. The van der Waals surface area contributed by atoms with Crippen LogP contribution >= 0.6 is 0 Å². The first-order valence-corrected chi connectivity index (χ1v) is 6.80. The third-order valence-electron chi connectivity index (χ3n) is 3.54. The summed E-state index contributed by atoms with van der Waals surface area (Å²) in [5, 5.41) is 0. The van der Waals surface area contributed by atoms with E-state index in [2.05, 4.69) is 12.1 Å². The fourth-order valence-corrected chi connectivity index (χ4v) is 2.49. The van der Waals surface area contributed by atoms with Gasteiger partial charge in [0.25, 0.3) is 0 Å². The maximum absolute atomic E-state index is 11.9. The SMILES string of the molecule is O=C1OCC(Cc2ccccc2)/C1=C\c1ccccc1. The molecule has 0 bridgehead atoms. The van der Waals surface area contributed by atoms with Gasteiger partial charge in [-0.15, -0.1) is 0 Å². The lowest BCUT2D eigenvalue weighted by Gasteiger charge is -2.08. The van der Waals surface area contributed by atoms with Crippen molar-refractivity contribution in [3.8, 4) is 0 Å². The highest BCUT2D eigenvalue weighted by molar-refractivity contribution is 5.96. The summed E-state index contributed by atoms with van der Waals surface area (Å²) in [7, 11) is 0. The van der Waals surface area contributed by atoms with Crippen LogP contribution in [-0.2, 0) is 16.0 Å². The van der Waals surface area contributed by atoms with Crippen molar-refractivity contribution < 1.29 is 9.53 Å². The number of hydrogen-bond donors (Lipinski definition) is 0. The van der Waals surface area contributed by atoms with Gasteiger partial charge in [0.2, 0.25) is 0 Å². The van der Waals surface area contributed by atoms with E-state index in [1.165, 1.54) is 5.56 Å². The number of rotatable bonds is 3. The summed E-state index contributed by atoms with van der Waals surface area (Å²) in [6.45, 7) is 0.479. The predicted octanol–water partition coefficient (Wildman–Crippen LogP) is 3.49. The molecular formula is C18H16O2. The van der Waals surface area contributed by atoms with E-state index in [9.17, 15) is 4.79 Å². The van der Waals surface area contributed by atoms with E-state index in [1.807, 2.05) is 54.6 Å². The molecule has 1 fully saturated rings. The van der Waals surface area contributed by atoms with E-state index >= 15 is 0 Å². The fourth-order valence-electron chi connectivity index (χ4n) is 2.49. The molecule has 0 radical (unpaired) electrons. The Kier molecular flexibility index (Phi) is 3.64. The molecule has 100 valence electrons. The average Bonchev–Trinajstić information content (AvgIpc) is 2.83. The van der Waals surface area contributed by atoms with E-state index in [1.54, 1.807) is 0 Å². The lowest BCUT2D eigenvalue weighted by molar-refractivity contribution is -0.135. The van der Waals surface area contributed by atoms with Crippen LogP contribution in [0, 0.1) is 5.92 Å². The molecule has 1 aliphatic rings. The van der Waals surface area contributed by atoms with Gasteiger partial charge in [0.15, 0.2) is 0 Å². The number of carbonyl (C=O) groups excluding carboxylic acids is 1. The Morgan fingerprint density at radius 1 is 1.00 bits per heavy atom. The highest BCUT2D eigenvalue weighted by Gasteiger charge is 2.30. The van der Waals surface area contributed by atoms with Crippen molar-refractivity contribution >= 4 is 12.0 Å². The van der Waals surface area contributed by atoms with Gasteiger partial charge >= 0.3 is 5.97 Å². The van der Waals surface area contributed by atoms with Crippen LogP contribution in [0.4, 0.5) is 0 Å². The van der Waals surface area contributed by atoms with Crippen molar-refractivity contribution in [2.24, 2.45) is 5.92 Å². The predicted molar refractivity (Wildman–Crippen MR) is 79.0 cm³/mol. The third kappa shape index (κ3) is 2.80. The minimum atomic E-state index is -0.185. The van der Waals surface area contributed by atoms with E-state index in [-0.39, 0.29) is 11.9 Å². The monoisotopic (exact) mass is 264 g/mol. The van der Waals surface area contributed by atoms with Gasteiger partial charge in [-0.1, -0.05) is 60.7 Å². The molecule has 0 aliphatic carbocycles. The van der Waals surface area contributed by atoms with Gasteiger partial charge in [-0.2, -0.15) is 0 Å². The summed E-state index contributed by atoms with van der Waals surface area (Å²) in [4.78, 5) is 11.9. The van der Waals surface area contributed by atoms with Gasteiger partial charge < -0.3 is 4.74 Å². The first-order valence-electron chi connectivity index (χ1n) is 6.80. The number of cyclic esters (lactones) is 1. The zero-order valence-corrected chi connectivity index (χ0v) is 11.2. The summed E-state index contributed by atoms with van der Waals surface area (Å²) in [5.74, 6) is -0.0418. The molecule has 3 rings (SSSR count). The second-order valence-electron chi connectivity index (χ2n) is 5.00. The Hall–Kier alpha value is -2.35. The molecular weight excluding hydrogens is 248 g/mol.